The third kappa shape index (κ3) is 5.85. The van der Waals surface area contributed by atoms with Gasteiger partial charge in [-0.25, -0.2) is 13.2 Å². The van der Waals surface area contributed by atoms with E-state index in [-0.39, 0.29) is 10.5 Å². The minimum atomic E-state index is -3.96. The van der Waals surface area contributed by atoms with E-state index in [1.165, 1.54) is 25.3 Å². The number of anilines is 2. The summed E-state index contributed by atoms with van der Waals surface area (Å²) in [5.74, 6) is -0.621. The van der Waals surface area contributed by atoms with Gasteiger partial charge in [-0.3, -0.25) is 4.72 Å². The Bertz CT molecular complexity index is 885. The molecule has 0 unspecified atom stereocenters. The van der Waals surface area contributed by atoms with Crippen molar-refractivity contribution in [3.05, 3.63) is 53.1 Å². The number of hydrogen-bond donors (Lipinski definition) is 2. The Kier molecular flexibility index (Phi) is 7.46. The predicted octanol–water partition coefficient (Wildman–Crippen LogP) is 3.38. The van der Waals surface area contributed by atoms with E-state index in [0.29, 0.717) is 36.0 Å². The molecule has 2 N–H and O–H groups in total. The predicted molar refractivity (Wildman–Crippen MR) is 105 cm³/mol. The molecule has 0 aliphatic rings. The molecule has 9 heteroatoms. The summed E-state index contributed by atoms with van der Waals surface area (Å²) >= 11 is 5.83. The first-order chi connectivity index (χ1) is 12.9. The molecule has 2 rings (SSSR count). The van der Waals surface area contributed by atoms with Crippen LogP contribution in [0.1, 0.15) is 16.8 Å². The Hall–Kier alpha value is -2.29. The zero-order valence-electron chi connectivity index (χ0n) is 15.0. The molecule has 27 heavy (non-hydrogen) atoms. The second-order valence-corrected chi connectivity index (χ2v) is 7.68. The van der Waals surface area contributed by atoms with Crippen LogP contribution in [0.3, 0.4) is 0 Å². The molecular weight excluding hydrogens is 392 g/mol. The van der Waals surface area contributed by atoms with E-state index >= 15 is 0 Å². The van der Waals surface area contributed by atoms with E-state index in [2.05, 4.69) is 14.8 Å². The molecule has 0 saturated heterocycles. The minimum Gasteiger partial charge on any atom is -0.465 e. The van der Waals surface area contributed by atoms with Crippen molar-refractivity contribution in [1.82, 2.24) is 0 Å². The van der Waals surface area contributed by atoms with Gasteiger partial charge < -0.3 is 14.8 Å². The van der Waals surface area contributed by atoms with E-state index in [9.17, 15) is 13.2 Å². The van der Waals surface area contributed by atoms with Gasteiger partial charge in [0.1, 0.15) is 4.90 Å². The second kappa shape index (κ2) is 9.59. The molecule has 146 valence electrons. The van der Waals surface area contributed by atoms with Crippen LogP contribution in [0.25, 0.3) is 0 Å². The average Bonchev–Trinajstić information content (AvgIpc) is 2.66. The van der Waals surface area contributed by atoms with Crippen LogP contribution in [0.4, 0.5) is 11.4 Å². The van der Waals surface area contributed by atoms with Crippen molar-refractivity contribution in [3.63, 3.8) is 0 Å². The standard InChI is InChI=1S/C18H21ClN2O5S/c1-25-11-3-10-20-16-9-4-13(18(22)26-2)12-17(16)27(23,24)21-15-7-5-14(19)6-8-15/h4-9,12,20-21H,3,10-11H2,1-2H3. The van der Waals surface area contributed by atoms with Crippen LogP contribution in [0, 0.1) is 0 Å². The number of rotatable bonds is 9. The van der Waals surface area contributed by atoms with Gasteiger partial charge in [-0.1, -0.05) is 11.6 Å². The molecule has 0 bridgehead atoms. The Morgan fingerprint density at radius 2 is 1.81 bits per heavy atom. The third-order valence-electron chi connectivity index (χ3n) is 3.63. The molecule has 7 nitrogen and oxygen atoms in total. The minimum absolute atomic E-state index is 0.0576. The van der Waals surface area contributed by atoms with Crippen LogP contribution in [0.5, 0.6) is 0 Å². The number of halogens is 1. The van der Waals surface area contributed by atoms with Crippen LogP contribution in [-0.4, -0.2) is 41.8 Å². The molecule has 0 aliphatic carbocycles. The van der Waals surface area contributed by atoms with Gasteiger partial charge in [-0.15, -0.1) is 0 Å². The zero-order chi connectivity index (χ0) is 19.9. The van der Waals surface area contributed by atoms with Crippen LogP contribution < -0.4 is 10.0 Å². The molecule has 2 aromatic carbocycles. The fraction of sp³-hybridized carbons (Fsp3) is 0.278. The van der Waals surface area contributed by atoms with Gasteiger partial charge in [-0.2, -0.15) is 0 Å². The number of carbonyl (C=O) groups is 1. The van der Waals surface area contributed by atoms with Crippen molar-refractivity contribution in [2.24, 2.45) is 0 Å². The molecule has 2 aromatic rings. The summed E-state index contributed by atoms with van der Waals surface area (Å²) in [5, 5.41) is 3.55. The summed E-state index contributed by atoms with van der Waals surface area (Å²) in [6.07, 6.45) is 0.694. The Morgan fingerprint density at radius 1 is 1.11 bits per heavy atom. The monoisotopic (exact) mass is 412 g/mol. The first kappa shape index (κ1) is 21.0. The van der Waals surface area contributed by atoms with Crippen molar-refractivity contribution in [2.75, 3.05) is 37.4 Å². The normalized spacial score (nSPS) is 11.1. The Morgan fingerprint density at radius 3 is 2.44 bits per heavy atom. The van der Waals surface area contributed by atoms with Crippen molar-refractivity contribution in [3.8, 4) is 0 Å². The molecule has 0 fully saturated rings. The van der Waals surface area contributed by atoms with Crippen LogP contribution >= 0.6 is 11.6 Å². The molecule has 0 amide bonds. The van der Waals surface area contributed by atoms with Crippen LogP contribution in [0.2, 0.25) is 5.02 Å². The molecule has 0 heterocycles. The summed E-state index contributed by atoms with van der Waals surface area (Å²) in [4.78, 5) is 11.8. The number of benzene rings is 2. The lowest BCUT2D eigenvalue weighted by atomic mass is 10.2. The average molecular weight is 413 g/mol. The first-order valence-corrected chi connectivity index (χ1v) is 9.97. The van der Waals surface area contributed by atoms with Gasteiger partial charge in [0.25, 0.3) is 10.0 Å². The SMILES string of the molecule is COCCCNc1ccc(C(=O)OC)cc1S(=O)(=O)Nc1ccc(Cl)cc1. The lowest BCUT2D eigenvalue weighted by molar-refractivity contribution is 0.0600. The number of nitrogens with one attached hydrogen (secondary N) is 2. The van der Waals surface area contributed by atoms with Gasteiger partial charge in [0.2, 0.25) is 0 Å². The summed E-state index contributed by atoms with van der Waals surface area (Å²) in [7, 11) is -1.13. The van der Waals surface area contributed by atoms with E-state index < -0.39 is 16.0 Å². The smallest absolute Gasteiger partial charge is 0.337 e. The lowest BCUT2D eigenvalue weighted by Crippen LogP contribution is -2.17. The van der Waals surface area contributed by atoms with Crippen molar-refractivity contribution in [2.45, 2.75) is 11.3 Å². The summed E-state index contributed by atoms with van der Waals surface area (Å²) in [6, 6.07) is 10.6. The lowest BCUT2D eigenvalue weighted by Gasteiger charge is -2.15. The molecule has 0 aliphatic heterocycles. The number of hydrogen-bond acceptors (Lipinski definition) is 6. The maximum atomic E-state index is 12.9. The van der Waals surface area contributed by atoms with E-state index in [1.54, 1.807) is 31.4 Å². The Labute approximate surface area is 163 Å². The van der Waals surface area contributed by atoms with Crippen molar-refractivity contribution < 1.29 is 22.7 Å². The number of esters is 1. The molecular formula is C18H21ClN2O5S. The topological polar surface area (TPSA) is 93.7 Å². The molecule has 0 spiro atoms. The molecule has 0 atom stereocenters. The third-order valence-corrected chi connectivity index (χ3v) is 5.30. The molecule has 0 saturated carbocycles. The maximum Gasteiger partial charge on any atom is 0.337 e. The maximum absolute atomic E-state index is 12.9. The van der Waals surface area contributed by atoms with Gasteiger partial charge in [-0.05, 0) is 48.9 Å². The van der Waals surface area contributed by atoms with E-state index in [4.69, 9.17) is 16.3 Å². The quantitative estimate of drug-likeness (QED) is 0.484. The summed E-state index contributed by atoms with van der Waals surface area (Å²) in [5.41, 5.74) is 0.866. The fourth-order valence-corrected chi connectivity index (χ4v) is 3.70. The first-order valence-electron chi connectivity index (χ1n) is 8.11. The van der Waals surface area contributed by atoms with Crippen LogP contribution in [-0.2, 0) is 19.5 Å². The summed E-state index contributed by atoms with van der Waals surface area (Å²) < 4.78 is 38.0. The largest absolute Gasteiger partial charge is 0.465 e. The zero-order valence-corrected chi connectivity index (χ0v) is 16.6. The highest BCUT2D eigenvalue weighted by atomic mass is 35.5. The summed E-state index contributed by atoms with van der Waals surface area (Å²) in [6.45, 7) is 1.05. The number of carbonyl (C=O) groups excluding carboxylic acids is 1. The highest BCUT2D eigenvalue weighted by molar-refractivity contribution is 7.92. The van der Waals surface area contributed by atoms with E-state index in [0.717, 1.165) is 0 Å². The van der Waals surface area contributed by atoms with Gasteiger partial charge >= 0.3 is 5.97 Å². The molecule has 0 aromatic heterocycles. The van der Waals surface area contributed by atoms with Gasteiger partial charge in [0, 0.05) is 31.0 Å². The van der Waals surface area contributed by atoms with Crippen LogP contribution in [0.15, 0.2) is 47.4 Å². The van der Waals surface area contributed by atoms with Crippen molar-refractivity contribution in [1.29, 1.82) is 0 Å². The number of ether oxygens (including phenoxy) is 2. The highest BCUT2D eigenvalue weighted by Crippen LogP contribution is 2.26. The van der Waals surface area contributed by atoms with Crippen molar-refractivity contribution >= 4 is 39.0 Å². The van der Waals surface area contributed by atoms with Gasteiger partial charge in [0.05, 0.1) is 18.4 Å². The fourth-order valence-electron chi connectivity index (χ4n) is 2.30. The number of methoxy groups -OCH3 is 2. The molecule has 0 radical (unpaired) electrons. The number of sulfonamides is 1. The Balaban J connectivity index is 2.36. The van der Waals surface area contributed by atoms with E-state index in [1.807, 2.05) is 0 Å². The van der Waals surface area contributed by atoms with Gasteiger partial charge in [0.15, 0.2) is 0 Å². The highest BCUT2D eigenvalue weighted by Gasteiger charge is 2.21. The second-order valence-electron chi connectivity index (χ2n) is 5.59.